The first kappa shape index (κ1) is 26.7. The van der Waals surface area contributed by atoms with Crippen LogP contribution in [-0.2, 0) is 26.0 Å². The number of hydrogen-bond acceptors (Lipinski definition) is 5. The lowest BCUT2D eigenvalue weighted by atomic mass is 10.0. The highest BCUT2D eigenvalue weighted by molar-refractivity contribution is 7.90. The number of fused-ring (bicyclic) bond motifs is 1. The molecule has 0 bridgehead atoms. The number of alkyl carbamates (subject to hydrolysis) is 1. The van der Waals surface area contributed by atoms with Gasteiger partial charge < -0.3 is 15.0 Å². The van der Waals surface area contributed by atoms with E-state index in [9.17, 15) is 31.2 Å². The quantitative estimate of drug-likeness (QED) is 0.546. The van der Waals surface area contributed by atoms with Gasteiger partial charge in [-0.05, 0) is 64.0 Å². The minimum atomic E-state index is -3.35. The Morgan fingerprint density at radius 3 is 2.39 bits per heavy atom. The van der Waals surface area contributed by atoms with Gasteiger partial charge in [-0.25, -0.2) is 26.4 Å². The Bertz CT molecular complexity index is 1140. The predicted octanol–water partition coefficient (Wildman–Crippen LogP) is 2.95. The second kappa shape index (κ2) is 9.85. The van der Waals surface area contributed by atoms with Crippen molar-refractivity contribution in [1.82, 2.24) is 14.5 Å². The summed E-state index contributed by atoms with van der Waals surface area (Å²) >= 11 is 0. The van der Waals surface area contributed by atoms with Gasteiger partial charge in [-0.1, -0.05) is 0 Å². The molecule has 0 radical (unpaired) electrons. The van der Waals surface area contributed by atoms with E-state index in [1.54, 1.807) is 25.7 Å². The highest BCUT2D eigenvalue weighted by atomic mass is 32.2. The third-order valence-corrected chi connectivity index (χ3v) is 9.17. The Kier molecular flexibility index (Phi) is 7.31. The highest BCUT2D eigenvalue weighted by Gasteiger charge is 2.50. The summed E-state index contributed by atoms with van der Waals surface area (Å²) in [7, 11) is -3.35. The van der Waals surface area contributed by atoms with Crippen LogP contribution >= 0.6 is 0 Å². The van der Waals surface area contributed by atoms with E-state index in [1.165, 1.54) is 4.31 Å². The maximum Gasteiger partial charge on any atom is 0.407 e. The first-order chi connectivity index (χ1) is 16.7. The van der Waals surface area contributed by atoms with Crippen molar-refractivity contribution in [3.05, 3.63) is 35.1 Å². The van der Waals surface area contributed by atoms with Crippen LogP contribution in [0.3, 0.4) is 0 Å². The standard InChI is InChI=1S/C24H32F3N3O5S/c1-24(2,3)35-23(32)28-16(8-15-9-19(26)20(27)11-18(15)25)10-22(31)30-7-6-14-12-29(13-21(14)30)36(33,34)17-4-5-17/h9,11,14,16-17,21H,4-8,10,12-13H2,1-3H3,(H,28,32). The van der Waals surface area contributed by atoms with E-state index < -0.39 is 45.2 Å². The summed E-state index contributed by atoms with van der Waals surface area (Å²) in [6.07, 6.45) is 0.652. The van der Waals surface area contributed by atoms with Crippen LogP contribution in [0.4, 0.5) is 18.0 Å². The van der Waals surface area contributed by atoms with E-state index in [4.69, 9.17) is 4.74 Å². The van der Waals surface area contributed by atoms with Gasteiger partial charge in [0, 0.05) is 44.2 Å². The first-order valence-electron chi connectivity index (χ1n) is 12.2. The number of benzene rings is 1. The van der Waals surface area contributed by atoms with Gasteiger partial charge in [-0.15, -0.1) is 0 Å². The highest BCUT2D eigenvalue weighted by Crippen LogP contribution is 2.38. The molecular formula is C24H32F3N3O5S. The zero-order valence-electron chi connectivity index (χ0n) is 20.6. The predicted molar refractivity (Wildman–Crippen MR) is 125 cm³/mol. The fourth-order valence-electron chi connectivity index (χ4n) is 4.98. The smallest absolute Gasteiger partial charge is 0.407 e. The van der Waals surface area contributed by atoms with Crippen LogP contribution in [0.2, 0.25) is 0 Å². The molecule has 2 amide bonds. The lowest BCUT2D eigenvalue weighted by molar-refractivity contribution is -0.132. The summed E-state index contributed by atoms with van der Waals surface area (Å²) in [5.41, 5.74) is -1.02. The van der Waals surface area contributed by atoms with Gasteiger partial charge in [0.15, 0.2) is 11.6 Å². The Hall–Kier alpha value is -2.34. The summed E-state index contributed by atoms with van der Waals surface area (Å²) in [6, 6.07) is -0.0931. The molecule has 200 valence electrons. The summed E-state index contributed by atoms with van der Waals surface area (Å²) < 4.78 is 73.6. The monoisotopic (exact) mass is 531 g/mol. The summed E-state index contributed by atoms with van der Waals surface area (Å²) in [4.78, 5) is 27.3. The molecule has 12 heteroatoms. The van der Waals surface area contributed by atoms with E-state index in [1.807, 2.05) is 0 Å². The molecule has 2 heterocycles. The maximum atomic E-state index is 14.3. The molecule has 0 aromatic heterocycles. The molecule has 1 saturated carbocycles. The maximum absolute atomic E-state index is 14.3. The van der Waals surface area contributed by atoms with Crippen molar-refractivity contribution in [2.75, 3.05) is 19.6 Å². The minimum Gasteiger partial charge on any atom is -0.444 e. The molecule has 3 fully saturated rings. The number of amides is 2. The molecular weight excluding hydrogens is 499 g/mol. The number of carbonyl (C=O) groups excluding carboxylic acids is 2. The summed E-state index contributed by atoms with van der Waals surface area (Å²) in [5, 5.41) is 2.23. The normalized spacial score (nSPS) is 23.4. The molecule has 3 aliphatic rings. The number of ether oxygens (including phenoxy) is 1. The number of nitrogens with zero attached hydrogens (tertiary/aromatic N) is 2. The Labute approximate surface area is 209 Å². The van der Waals surface area contributed by atoms with Crippen LogP contribution in [0.25, 0.3) is 0 Å². The summed E-state index contributed by atoms with van der Waals surface area (Å²) in [5.74, 6) is -3.87. The SMILES string of the molecule is CC(C)(C)OC(=O)NC(CC(=O)N1CCC2CN(S(=O)(=O)C3CC3)CC21)Cc1cc(F)c(F)cc1F. The van der Waals surface area contributed by atoms with Crippen LogP contribution in [0.15, 0.2) is 12.1 Å². The average molecular weight is 532 g/mol. The average Bonchev–Trinajstić information content (AvgIpc) is 3.40. The molecule has 2 saturated heterocycles. The van der Waals surface area contributed by atoms with Gasteiger partial charge in [-0.2, -0.15) is 4.31 Å². The van der Waals surface area contributed by atoms with Gasteiger partial charge in [0.1, 0.15) is 11.4 Å². The lowest BCUT2D eigenvalue weighted by Crippen LogP contribution is -2.46. The number of nitrogens with one attached hydrogen (secondary N) is 1. The molecule has 1 aliphatic carbocycles. The van der Waals surface area contributed by atoms with Gasteiger partial charge in [0.05, 0.1) is 5.25 Å². The van der Waals surface area contributed by atoms with Crippen LogP contribution in [0, 0.1) is 23.4 Å². The molecule has 8 nitrogen and oxygen atoms in total. The second-order valence-corrected chi connectivity index (χ2v) is 13.1. The van der Waals surface area contributed by atoms with Gasteiger partial charge in [-0.3, -0.25) is 4.79 Å². The largest absolute Gasteiger partial charge is 0.444 e. The van der Waals surface area contributed by atoms with Crippen LogP contribution in [0.1, 0.15) is 52.0 Å². The van der Waals surface area contributed by atoms with Crippen LogP contribution in [0.5, 0.6) is 0 Å². The topological polar surface area (TPSA) is 96.0 Å². The molecule has 3 unspecified atom stereocenters. The lowest BCUT2D eigenvalue weighted by Gasteiger charge is -2.28. The van der Waals surface area contributed by atoms with E-state index in [0.29, 0.717) is 44.5 Å². The van der Waals surface area contributed by atoms with Crippen molar-refractivity contribution in [2.45, 2.75) is 75.8 Å². The van der Waals surface area contributed by atoms with Gasteiger partial charge in [0.25, 0.3) is 0 Å². The zero-order chi connectivity index (χ0) is 26.4. The molecule has 1 aromatic rings. The Morgan fingerprint density at radius 1 is 1.08 bits per heavy atom. The van der Waals surface area contributed by atoms with Crippen molar-refractivity contribution in [1.29, 1.82) is 0 Å². The first-order valence-corrected chi connectivity index (χ1v) is 13.7. The third kappa shape index (κ3) is 5.96. The van der Waals surface area contributed by atoms with Gasteiger partial charge in [0.2, 0.25) is 15.9 Å². The third-order valence-electron chi connectivity index (χ3n) is 6.84. The molecule has 1 aromatic carbocycles. The number of rotatable bonds is 7. The molecule has 0 spiro atoms. The second-order valence-electron chi connectivity index (χ2n) is 10.9. The van der Waals surface area contributed by atoms with E-state index in [-0.39, 0.29) is 48.1 Å². The van der Waals surface area contributed by atoms with Crippen LogP contribution in [-0.4, -0.2) is 72.2 Å². The number of hydrogen-bond donors (Lipinski definition) is 1. The number of likely N-dealkylation sites (tertiary alicyclic amines) is 1. The molecule has 2 aliphatic heterocycles. The fourth-order valence-corrected chi connectivity index (χ4v) is 6.89. The van der Waals surface area contributed by atoms with Crippen molar-refractivity contribution in [3.63, 3.8) is 0 Å². The van der Waals surface area contributed by atoms with Crippen molar-refractivity contribution in [3.8, 4) is 0 Å². The van der Waals surface area contributed by atoms with Crippen LogP contribution < -0.4 is 5.32 Å². The van der Waals surface area contributed by atoms with E-state index >= 15 is 0 Å². The van der Waals surface area contributed by atoms with Crippen molar-refractivity contribution in [2.24, 2.45) is 5.92 Å². The van der Waals surface area contributed by atoms with Crippen molar-refractivity contribution < 1.29 is 35.9 Å². The fraction of sp³-hybridized carbons (Fsp3) is 0.667. The van der Waals surface area contributed by atoms with Gasteiger partial charge >= 0.3 is 6.09 Å². The number of carbonyl (C=O) groups is 2. The van der Waals surface area contributed by atoms with E-state index in [0.717, 1.165) is 0 Å². The van der Waals surface area contributed by atoms with Crippen molar-refractivity contribution >= 4 is 22.0 Å². The molecule has 3 atom stereocenters. The molecule has 36 heavy (non-hydrogen) atoms. The van der Waals surface area contributed by atoms with E-state index in [2.05, 4.69) is 5.32 Å². The summed E-state index contributed by atoms with van der Waals surface area (Å²) in [6.45, 7) is 6.04. The minimum absolute atomic E-state index is 0.0309. The Morgan fingerprint density at radius 2 is 1.75 bits per heavy atom. The molecule has 1 N–H and O–H groups in total. The Balaban J connectivity index is 1.47. The number of sulfonamides is 1. The number of halogens is 3. The molecule has 4 rings (SSSR count). The zero-order valence-corrected chi connectivity index (χ0v) is 21.4.